The van der Waals surface area contributed by atoms with E-state index < -0.39 is 0 Å². The molecule has 0 aromatic carbocycles. The Morgan fingerprint density at radius 2 is 1.86 bits per heavy atom. The molecule has 0 radical (unpaired) electrons. The van der Waals surface area contributed by atoms with E-state index in [4.69, 9.17) is 0 Å². The van der Waals surface area contributed by atoms with Crippen LogP contribution in [0.2, 0.25) is 0 Å². The van der Waals surface area contributed by atoms with Gasteiger partial charge >= 0.3 is 0 Å². The summed E-state index contributed by atoms with van der Waals surface area (Å²) in [5, 5.41) is 0. The van der Waals surface area contributed by atoms with Crippen LogP contribution in [-0.4, -0.2) is 11.6 Å². The van der Waals surface area contributed by atoms with Gasteiger partial charge in [-0.05, 0) is 61.2 Å². The zero-order chi connectivity index (χ0) is 16.7. The summed E-state index contributed by atoms with van der Waals surface area (Å²) < 4.78 is 0. The largest absolute Gasteiger partial charge is 0.300 e. The summed E-state index contributed by atoms with van der Waals surface area (Å²) in [6.45, 7) is 13.5. The highest BCUT2D eigenvalue weighted by atomic mass is 16.1. The van der Waals surface area contributed by atoms with Crippen molar-refractivity contribution < 1.29 is 9.59 Å². The van der Waals surface area contributed by atoms with Crippen LogP contribution < -0.4 is 0 Å². The van der Waals surface area contributed by atoms with Crippen molar-refractivity contribution in [2.75, 3.05) is 0 Å². The van der Waals surface area contributed by atoms with Gasteiger partial charge in [-0.15, -0.1) is 0 Å². The molecule has 2 fully saturated rings. The maximum absolute atomic E-state index is 12.6. The number of hydrogen-bond donors (Lipinski definition) is 0. The fourth-order valence-corrected chi connectivity index (χ4v) is 5.73. The summed E-state index contributed by atoms with van der Waals surface area (Å²) in [6, 6.07) is 0. The van der Waals surface area contributed by atoms with Gasteiger partial charge in [0, 0.05) is 18.8 Å². The molecular weight excluding hydrogens is 272 g/mol. The van der Waals surface area contributed by atoms with Gasteiger partial charge in [-0.25, -0.2) is 0 Å². The topological polar surface area (TPSA) is 34.1 Å². The van der Waals surface area contributed by atoms with E-state index >= 15 is 0 Å². The average Bonchev–Trinajstić information content (AvgIpc) is 2.35. The minimum atomic E-state index is 0.0848. The lowest BCUT2D eigenvalue weighted by atomic mass is 9.45. The number of carbonyl (C=O) groups is 2. The fraction of sp³-hybridized carbons (Fsp3) is 0.900. The third-order valence-electron chi connectivity index (χ3n) is 6.82. The zero-order valence-corrected chi connectivity index (χ0v) is 15.4. The molecule has 2 nitrogen and oxygen atoms in total. The minimum Gasteiger partial charge on any atom is -0.300 e. The second-order valence-electron chi connectivity index (χ2n) is 9.26. The molecule has 126 valence electrons. The van der Waals surface area contributed by atoms with Crippen LogP contribution in [0.3, 0.4) is 0 Å². The smallest absolute Gasteiger partial charge is 0.136 e. The molecule has 0 heterocycles. The summed E-state index contributed by atoms with van der Waals surface area (Å²) >= 11 is 0. The molecule has 2 saturated carbocycles. The lowest BCUT2D eigenvalue weighted by Crippen LogP contribution is -2.54. The van der Waals surface area contributed by atoms with E-state index in [2.05, 4.69) is 34.6 Å². The Morgan fingerprint density at radius 3 is 2.41 bits per heavy atom. The standard InChI is InChI=1S/C20H34O2/c1-13(2)15-11-19(4,5)18-10-9-17(22)16(8-7-14(3)21)20(18,6)12-15/h13,15-16,18H,7-12H2,1-6H3. The Balaban J connectivity index is 2.33. The Bertz CT molecular complexity index is 449. The van der Waals surface area contributed by atoms with Crippen LogP contribution in [0.15, 0.2) is 0 Å². The maximum Gasteiger partial charge on any atom is 0.136 e. The lowest BCUT2D eigenvalue weighted by Gasteiger charge is -2.59. The number of hydrogen-bond acceptors (Lipinski definition) is 2. The van der Waals surface area contributed by atoms with E-state index in [1.807, 2.05) is 0 Å². The van der Waals surface area contributed by atoms with Gasteiger partial charge in [0.15, 0.2) is 0 Å². The van der Waals surface area contributed by atoms with Gasteiger partial charge in [0.2, 0.25) is 0 Å². The zero-order valence-electron chi connectivity index (χ0n) is 15.4. The summed E-state index contributed by atoms with van der Waals surface area (Å²) in [5.41, 5.74) is 0.387. The van der Waals surface area contributed by atoms with Crippen molar-refractivity contribution in [2.24, 2.45) is 34.5 Å². The minimum absolute atomic E-state index is 0.0848. The number of Topliss-reactive ketones (excluding diaryl/α,β-unsaturated/α-hetero) is 2. The molecule has 0 bridgehead atoms. The first-order valence-electron chi connectivity index (χ1n) is 9.10. The van der Waals surface area contributed by atoms with E-state index in [0.717, 1.165) is 25.7 Å². The van der Waals surface area contributed by atoms with Crippen LogP contribution in [0.1, 0.15) is 80.1 Å². The van der Waals surface area contributed by atoms with Crippen LogP contribution >= 0.6 is 0 Å². The quantitative estimate of drug-likeness (QED) is 0.728. The molecule has 0 spiro atoms. The average molecular weight is 306 g/mol. The Morgan fingerprint density at radius 1 is 1.23 bits per heavy atom. The van der Waals surface area contributed by atoms with E-state index in [0.29, 0.717) is 35.4 Å². The molecule has 2 heteroatoms. The molecule has 0 amide bonds. The van der Waals surface area contributed by atoms with Gasteiger partial charge < -0.3 is 4.79 Å². The van der Waals surface area contributed by atoms with Crippen molar-refractivity contribution >= 4 is 11.6 Å². The predicted octanol–water partition coefficient (Wildman–Crippen LogP) is 5.05. The summed E-state index contributed by atoms with van der Waals surface area (Å²) in [4.78, 5) is 24.1. The number of rotatable bonds is 4. The van der Waals surface area contributed by atoms with Crippen molar-refractivity contribution in [3.8, 4) is 0 Å². The van der Waals surface area contributed by atoms with Crippen LogP contribution in [0, 0.1) is 34.5 Å². The van der Waals surface area contributed by atoms with Crippen molar-refractivity contribution in [3.63, 3.8) is 0 Å². The molecule has 2 rings (SSSR count). The van der Waals surface area contributed by atoms with Crippen molar-refractivity contribution in [1.82, 2.24) is 0 Å². The molecule has 0 N–H and O–H groups in total. The summed E-state index contributed by atoms with van der Waals surface area (Å²) in [7, 11) is 0. The first-order valence-corrected chi connectivity index (χ1v) is 9.10. The molecule has 0 saturated heterocycles. The summed E-state index contributed by atoms with van der Waals surface area (Å²) in [6.07, 6.45) is 5.53. The Kier molecular flexibility index (Phi) is 4.90. The van der Waals surface area contributed by atoms with Gasteiger partial charge in [0.05, 0.1) is 0 Å². The van der Waals surface area contributed by atoms with Crippen LogP contribution in [0.4, 0.5) is 0 Å². The Labute approximate surface area is 136 Å². The van der Waals surface area contributed by atoms with E-state index in [1.54, 1.807) is 6.92 Å². The van der Waals surface area contributed by atoms with Gasteiger partial charge in [-0.1, -0.05) is 34.6 Å². The highest BCUT2D eigenvalue weighted by molar-refractivity contribution is 5.84. The molecule has 0 aliphatic heterocycles. The van der Waals surface area contributed by atoms with Crippen LogP contribution in [-0.2, 0) is 9.59 Å². The number of carbonyl (C=O) groups excluding carboxylic acids is 2. The van der Waals surface area contributed by atoms with Crippen LogP contribution in [0.25, 0.3) is 0 Å². The molecule has 4 atom stereocenters. The first kappa shape index (κ1) is 17.7. The number of ketones is 2. The highest BCUT2D eigenvalue weighted by Crippen LogP contribution is 2.62. The molecular formula is C20H34O2. The number of fused-ring (bicyclic) bond motifs is 1. The van der Waals surface area contributed by atoms with Crippen molar-refractivity contribution in [2.45, 2.75) is 80.1 Å². The molecule has 2 aliphatic rings. The van der Waals surface area contributed by atoms with Gasteiger partial charge in [0.25, 0.3) is 0 Å². The monoisotopic (exact) mass is 306 g/mol. The van der Waals surface area contributed by atoms with Crippen molar-refractivity contribution in [3.05, 3.63) is 0 Å². The second-order valence-corrected chi connectivity index (χ2v) is 9.26. The maximum atomic E-state index is 12.6. The molecule has 2 aliphatic carbocycles. The van der Waals surface area contributed by atoms with E-state index in [9.17, 15) is 9.59 Å². The SMILES string of the molecule is CC(=O)CCC1C(=O)CCC2C(C)(C)CC(C(C)C)CC12C. The fourth-order valence-electron chi connectivity index (χ4n) is 5.73. The van der Waals surface area contributed by atoms with Gasteiger partial charge in [-0.2, -0.15) is 0 Å². The first-order chi connectivity index (χ1) is 10.1. The van der Waals surface area contributed by atoms with Crippen LogP contribution in [0.5, 0.6) is 0 Å². The molecule has 0 aromatic heterocycles. The summed E-state index contributed by atoms with van der Waals surface area (Å²) in [5.74, 6) is 2.71. The third-order valence-corrected chi connectivity index (χ3v) is 6.82. The second kappa shape index (κ2) is 6.09. The lowest BCUT2D eigenvalue weighted by molar-refractivity contribution is -0.149. The molecule has 22 heavy (non-hydrogen) atoms. The van der Waals surface area contributed by atoms with E-state index in [1.165, 1.54) is 6.42 Å². The van der Waals surface area contributed by atoms with Gasteiger partial charge in [-0.3, -0.25) is 4.79 Å². The third kappa shape index (κ3) is 3.16. The predicted molar refractivity (Wildman–Crippen MR) is 90.6 cm³/mol. The van der Waals surface area contributed by atoms with Gasteiger partial charge in [0.1, 0.15) is 11.6 Å². The normalized spacial score (nSPS) is 38.0. The Hall–Kier alpha value is -0.660. The molecule has 4 unspecified atom stereocenters. The highest BCUT2D eigenvalue weighted by Gasteiger charge is 2.56. The van der Waals surface area contributed by atoms with E-state index in [-0.39, 0.29) is 17.1 Å². The molecule has 0 aromatic rings. The van der Waals surface area contributed by atoms with Crippen molar-refractivity contribution in [1.29, 1.82) is 0 Å².